The Bertz CT molecular complexity index is 1230. The van der Waals surface area contributed by atoms with Crippen molar-refractivity contribution in [3.05, 3.63) is 70.6 Å². The van der Waals surface area contributed by atoms with Crippen molar-refractivity contribution in [1.29, 1.82) is 0 Å². The van der Waals surface area contributed by atoms with Gasteiger partial charge in [-0.2, -0.15) is 0 Å². The summed E-state index contributed by atoms with van der Waals surface area (Å²) in [6, 6.07) is 23.4. The summed E-state index contributed by atoms with van der Waals surface area (Å²) >= 11 is 4.02. The Balaban J connectivity index is 1.82. The topological polar surface area (TPSA) is 25.8 Å². The number of benzene rings is 3. The number of hydrogen-bond donors (Lipinski definition) is 0. The molecule has 4 heteroatoms. The van der Waals surface area contributed by atoms with Crippen molar-refractivity contribution in [2.45, 2.75) is 0 Å². The van der Waals surface area contributed by atoms with Gasteiger partial charge in [0.25, 0.3) is 0 Å². The fourth-order valence-electron chi connectivity index (χ4n) is 3.14. The first-order valence-electron chi connectivity index (χ1n) is 7.63. The first-order valence-corrected chi connectivity index (χ1v) is 9.53. The van der Waals surface area contributed by atoms with Crippen LogP contribution in [0.2, 0.25) is 0 Å². The van der Waals surface area contributed by atoms with Crippen molar-refractivity contribution < 1.29 is 0 Å². The molecule has 0 saturated carbocycles. The number of hydrogen-bond acceptors (Lipinski definition) is 3. The molecule has 5 aromatic rings. The molecule has 0 aliphatic heterocycles. The monoisotopic (exact) mass is 438 g/mol. The largest absolute Gasteiger partial charge is 0.223 e. The van der Waals surface area contributed by atoms with Gasteiger partial charge >= 0.3 is 0 Å². The van der Waals surface area contributed by atoms with Crippen LogP contribution in [-0.2, 0) is 0 Å². The lowest BCUT2D eigenvalue weighted by atomic mass is 10.0. The van der Waals surface area contributed by atoms with E-state index in [-0.39, 0.29) is 0 Å². The maximum atomic E-state index is 4.71. The van der Waals surface area contributed by atoms with Gasteiger partial charge in [-0.05, 0) is 18.2 Å². The number of para-hydroxylation sites is 1. The molecule has 5 rings (SSSR count). The predicted octanol–water partition coefficient (Wildman–Crippen LogP) is 6.27. The third kappa shape index (κ3) is 2.21. The Morgan fingerprint density at radius 1 is 0.708 bits per heavy atom. The third-order valence-electron chi connectivity index (χ3n) is 4.23. The lowest BCUT2D eigenvalue weighted by Gasteiger charge is -2.06. The molecule has 0 bridgehead atoms. The third-order valence-corrected chi connectivity index (χ3v) is 5.84. The second-order valence-electron chi connectivity index (χ2n) is 5.67. The molecule has 114 valence electrons. The molecule has 0 aliphatic rings. The summed E-state index contributed by atoms with van der Waals surface area (Å²) in [6.07, 6.45) is 0. The fourth-order valence-corrected chi connectivity index (χ4v) is 4.79. The highest BCUT2D eigenvalue weighted by molar-refractivity contribution is 14.1. The van der Waals surface area contributed by atoms with Crippen LogP contribution in [0.4, 0.5) is 0 Å². The first kappa shape index (κ1) is 14.3. The molecule has 2 nitrogen and oxygen atoms in total. The van der Waals surface area contributed by atoms with E-state index in [4.69, 9.17) is 4.98 Å². The van der Waals surface area contributed by atoms with E-state index in [9.17, 15) is 0 Å². The quantitative estimate of drug-likeness (QED) is 0.228. The van der Waals surface area contributed by atoms with Crippen LogP contribution < -0.4 is 0 Å². The van der Waals surface area contributed by atoms with Crippen LogP contribution in [0, 0.1) is 3.83 Å². The molecule has 0 atom stereocenters. The standard InChI is InChI=1S/C20H11IN2S/c21-20-22-16-7-3-1-6-15(16)19(23-20)12-9-10-14-13-5-2-4-8-17(13)24-18(14)11-12/h1-11H. The minimum atomic E-state index is 0.776. The molecule has 0 unspecified atom stereocenters. The highest BCUT2D eigenvalue weighted by Crippen LogP contribution is 2.37. The number of aromatic nitrogens is 2. The molecule has 24 heavy (non-hydrogen) atoms. The summed E-state index contributed by atoms with van der Waals surface area (Å²) in [5.41, 5.74) is 3.14. The van der Waals surface area contributed by atoms with Crippen LogP contribution in [0.15, 0.2) is 66.7 Å². The first-order chi connectivity index (χ1) is 11.8. The number of nitrogens with zero attached hydrogens (tertiary/aromatic N) is 2. The molecular weight excluding hydrogens is 427 g/mol. The zero-order valence-electron chi connectivity index (χ0n) is 12.5. The van der Waals surface area contributed by atoms with E-state index < -0.39 is 0 Å². The van der Waals surface area contributed by atoms with Crippen molar-refractivity contribution >= 4 is 65.0 Å². The molecule has 0 aliphatic carbocycles. The van der Waals surface area contributed by atoms with Crippen molar-refractivity contribution in [2.24, 2.45) is 0 Å². The minimum Gasteiger partial charge on any atom is -0.223 e. The van der Waals surface area contributed by atoms with Gasteiger partial charge in [0.05, 0.1) is 11.2 Å². The van der Waals surface area contributed by atoms with Crippen LogP contribution in [0.25, 0.3) is 42.3 Å². The Kier molecular flexibility index (Phi) is 3.28. The summed E-state index contributed by atoms with van der Waals surface area (Å²) in [6.45, 7) is 0. The molecule has 0 fully saturated rings. The summed E-state index contributed by atoms with van der Waals surface area (Å²) < 4.78 is 3.40. The summed E-state index contributed by atoms with van der Waals surface area (Å²) in [7, 11) is 0. The Morgan fingerprint density at radius 2 is 1.46 bits per heavy atom. The van der Waals surface area contributed by atoms with E-state index in [0.717, 1.165) is 26.0 Å². The molecule has 0 amide bonds. The number of halogens is 1. The summed E-state index contributed by atoms with van der Waals surface area (Å²) in [4.78, 5) is 9.25. The van der Waals surface area contributed by atoms with Gasteiger partial charge in [0.1, 0.15) is 0 Å². The Morgan fingerprint density at radius 3 is 2.38 bits per heavy atom. The molecule has 0 spiro atoms. The van der Waals surface area contributed by atoms with E-state index in [2.05, 4.69) is 76.1 Å². The molecule has 0 radical (unpaired) electrons. The SMILES string of the molecule is Ic1nc(-c2ccc3c(c2)sc2ccccc23)c2ccccc2n1. The summed E-state index contributed by atoms with van der Waals surface area (Å²) in [5.74, 6) is 0. The van der Waals surface area contributed by atoms with Crippen molar-refractivity contribution in [3.8, 4) is 11.3 Å². The van der Waals surface area contributed by atoms with E-state index in [0.29, 0.717) is 0 Å². The van der Waals surface area contributed by atoms with Crippen molar-refractivity contribution in [3.63, 3.8) is 0 Å². The van der Waals surface area contributed by atoms with Crippen LogP contribution in [0.3, 0.4) is 0 Å². The van der Waals surface area contributed by atoms with Crippen LogP contribution in [0.1, 0.15) is 0 Å². The lowest BCUT2D eigenvalue weighted by Crippen LogP contribution is -1.93. The normalized spacial score (nSPS) is 11.5. The average molecular weight is 438 g/mol. The van der Waals surface area contributed by atoms with Gasteiger partial charge in [-0.15, -0.1) is 11.3 Å². The van der Waals surface area contributed by atoms with E-state index in [1.54, 1.807) is 0 Å². The lowest BCUT2D eigenvalue weighted by molar-refractivity contribution is 1.16. The fraction of sp³-hybridized carbons (Fsp3) is 0. The van der Waals surface area contributed by atoms with Gasteiger partial charge in [-0.25, -0.2) is 9.97 Å². The van der Waals surface area contributed by atoms with E-state index in [1.807, 2.05) is 29.5 Å². The highest BCUT2D eigenvalue weighted by atomic mass is 127. The highest BCUT2D eigenvalue weighted by Gasteiger charge is 2.11. The smallest absolute Gasteiger partial charge is 0.191 e. The Labute approximate surface area is 156 Å². The van der Waals surface area contributed by atoms with E-state index in [1.165, 1.54) is 20.2 Å². The van der Waals surface area contributed by atoms with Gasteiger partial charge in [0.15, 0.2) is 3.83 Å². The predicted molar refractivity (Wildman–Crippen MR) is 111 cm³/mol. The van der Waals surface area contributed by atoms with Gasteiger partial charge in [0, 0.05) is 53.7 Å². The van der Waals surface area contributed by atoms with E-state index >= 15 is 0 Å². The van der Waals surface area contributed by atoms with Gasteiger partial charge in [-0.3, -0.25) is 0 Å². The molecule has 2 aromatic heterocycles. The summed E-state index contributed by atoms with van der Waals surface area (Å²) in [5, 5.41) is 3.73. The van der Waals surface area contributed by atoms with Crippen molar-refractivity contribution in [1.82, 2.24) is 9.97 Å². The Hall–Kier alpha value is -2.05. The zero-order chi connectivity index (χ0) is 16.1. The number of rotatable bonds is 1. The molecular formula is C20H11IN2S. The average Bonchev–Trinajstić information content (AvgIpc) is 2.98. The molecule has 3 aromatic carbocycles. The zero-order valence-corrected chi connectivity index (χ0v) is 15.5. The minimum absolute atomic E-state index is 0.776. The van der Waals surface area contributed by atoms with Gasteiger partial charge in [-0.1, -0.05) is 48.5 Å². The molecule has 0 saturated heterocycles. The maximum absolute atomic E-state index is 4.71. The van der Waals surface area contributed by atoms with Crippen LogP contribution in [-0.4, -0.2) is 9.97 Å². The second-order valence-corrected chi connectivity index (χ2v) is 7.72. The van der Waals surface area contributed by atoms with Crippen LogP contribution in [0.5, 0.6) is 0 Å². The van der Waals surface area contributed by atoms with Gasteiger partial charge < -0.3 is 0 Å². The maximum Gasteiger partial charge on any atom is 0.191 e. The van der Waals surface area contributed by atoms with Crippen LogP contribution >= 0.6 is 33.9 Å². The van der Waals surface area contributed by atoms with Crippen molar-refractivity contribution in [2.75, 3.05) is 0 Å². The number of thiophene rings is 1. The molecule has 0 N–H and O–H groups in total. The van der Waals surface area contributed by atoms with Gasteiger partial charge in [0.2, 0.25) is 0 Å². The second kappa shape index (κ2) is 5.50. The molecule has 2 heterocycles. The number of fused-ring (bicyclic) bond motifs is 4.